The SMILES string of the molecule is O=C1S[C@H](CC[C@H](O)c2ccc(F)cc2)[C@@H](c2ccc(-c3ccc(P(=O)(O)O)cc3)cc2O)N1c1ccc(F)cc1. The summed E-state index contributed by atoms with van der Waals surface area (Å²) in [6.07, 6.45) is -0.240. The Kier molecular flexibility index (Phi) is 8.31. The summed E-state index contributed by atoms with van der Waals surface area (Å²) in [6, 6.07) is 21.1. The molecule has 0 radical (unpaired) electrons. The Balaban J connectivity index is 1.46. The number of phenols is 1. The molecule has 0 aliphatic carbocycles. The minimum Gasteiger partial charge on any atom is -0.508 e. The van der Waals surface area contributed by atoms with Crippen LogP contribution in [0.3, 0.4) is 0 Å². The largest absolute Gasteiger partial charge is 0.508 e. The van der Waals surface area contributed by atoms with Gasteiger partial charge in [-0.05, 0) is 84.1 Å². The highest BCUT2D eigenvalue weighted by Crippen LogP contribution is 2.49. The minimum absolute atomic E-state index is 0.0990. The predicted octanol–water partition coefficient (Wildman–Crippen LogP) is 6.44. The Morgan fingerprint density at radius 2 is 1.44 bits per heavy atom. The summed E-state index contributed by atoms with van der Waals surface area (Å²) in [5.41, 5.74) is 2.66. The van der Waals surface area contributed by atoms with Crippen molar-refractivity contribution in [1.82, 2.24) is 0 Å². The van der Waals surface area contributed by atoms with E-state index in [0.717, 1.165) is 11.8 Å². The fraction of sp³-hybridized carbons (Fsp3) is 0.167. The molecule has 4 aromatic carbocycles. The van der Waals surface area contributed by atoms with Crippen molar-refractivity contribution in [1.29, 1.82) is 0 Å². The van der Waals surface area contributed by atoms with Crippen LogP contribution in [0, 0.1) is 11.6 Å². The van der Waals surface area contributed by atoms with Crippen molar-refractivity contribution >= 4 is 35.6 Å². The first-order valence-electron chi connectivity index (χ1n) is 12.7. The third kappa shape index (κ3) is 6.37. The number of aliphatic hydroxyl groups excluding tert-OH is 1. The molecule has 1 amide bonds. The maximum atomic E-state index is 13.7. The maximum absolute atomic E-state index is 13.7. The molecule has 5 rings (SSSR count). The second-order valence-electron chi connectivity index (χ2n) is 9.72. The number of thioether (sulfide) groups is 1. The van der Waals surface area contributed by atoms with E-state index in [0.29, 0.717) is 34.4 Å². The van der Waals surface area contributed by atoms with Gasteiger partial charge in [-0.25, -0.2) is 8.78 Å². The summed E-state index contributed by atoms with van der Waals surface area (Å²) in [5, 5.41) is 21.1. The molecule has 1 heterocycles. The van der Waals surface area contributed by atoms with E-state index in [9.17, 15) is 38.1 Å². The van der Waals surface area contributed by atoms with Crippen LogP contribution in [0.15, 0.2) is 91.0 Å². The number of rotatable bonds is 8. The molecule has 0 spiro atoms. The zero-order valence-corrected chi connectivity index (χ0v) is 23.2. The lowest BCUT2D eigenvalue weighted by molar-refractivity contribution is 0.163. The van der Waals surface area contributed by atoms with Crippen molar-refractivity contribution in [2.45, 2.75) is 30.2 Å². The van der Waals surface area contributed by atoms with Gasteiger partial charge in [-0.3, -0.25) is 14.3 Å². The monoisotopic (exact) mass is 597 g/mol. The lowest BCUT2D eigenvalue weighted by Gasteiger charge is -2.29. The minimum atomic E-state index is -4.40. The molecule has 0 bridgehead atoms. The Hall–Kier alpha value is -3.53. The first-order chi connectivity index (χ1) is 19.5. The third-order valence-electron chi connectivity index (χ3n) is 7.05. The van der Waals surface area contributed by atoms with Gasteiger partial charge in [0, 0.05) is 16.5 Å². The summed E-state index contributed by atoms with van der Waals surface area (Å²) >= 11 is 1.07. The normalized spacial score (nSPS) is 18.1. The number of aliphatic hydroxyl groups is 1. The van der Waals surface area contributed by atoms with Crippen molar-refractivity contribution in [3.63, 3.8) is 0 Å². The molecule has 212 valence electrons. The zero-order valence-electron chi connectivity index (χ0n) is 21.5. The van der Waals surface area contributed by atoms with Crippen molar-refractivity contribution in [3.05, 3.63) is 114 Å². The Morgan fingerprint density at radius 3 is 2.02 bits per heavy atom. The van der Waals surface area contributed by atoms with Crippen LogP contribution in [-0.4, -0.2) is 30.5 Å². The van der Waals surface area contributed by atoms with E-state index in [2.05, 4.69) is 0 Å². The topological polar surface area (TPSA) is 118 Å². The van der Waals surface area contributed by atoms with Crippen molar-refractivity contribution < 1.29 is 38.1 Å². The summed E-state index contributed by atoms with van der Waals surface area (Å²) in [6.45, 7) is 0. The Morgan fingerprint density at radius 1 is 0.854 bits per heavy atom. The highest BCUT2D eigenvalue weighted by atomic mass is 32.2. The van der Waals surface area contributed by atoms with Gasteiger partial charge in [0.15, 0.2) is 0 Å². The smallest absolute Gasteiger partial charge is 0.356 e. The van der Waals surface area contributed by atoms with Gasteiger partial charge in [-0.2, -0.15) is 0 Å². The highest BCUT2D eigenvalue weighted by molar-refractivity contribution is 8.14. The molecule has 1 saturated heterocycles. The van der Waals surface area contributed by atoms with Crippen molar-refractivity contribution in [2.75, 3.05) is 4.90 Å². The first kappa shape index (κ1) is 29.0. The number of anilines is 1. The summed E-state index contributed by atoms with van der Waals surface area (Å²) in [4.78, 5) is 33.5. The van der Waals surface area contributed by atoms with Gasteiger partial charge in [0.2, 0.25) is 0 Å². The fourth-order valence-corrected chi connectivity index (χ4v) is 6.73. The molecule has 1 aliphatic heterocycles. The van der Waals surface area contributed by atoms with Crippen LogP contribution in [-0.2, 0) is 4.57 Å². The standard InChI is InChI=1S/C30H26F2NO6PS/c31-21-6-1-19(2-7-21)26(34)15-16-28-29(33(30(36)41-28)23-10-8-22(32)9-11-23)25-14-5-20(17-27(25)35)18-3-12-24(13-4-18)40(37,38)39/h1-14,17,26,28-29,34-35H,15-16H2,(H2,37,38,39)/t26-,28+,29+/m0/s1. The number of nitrogens with zero attached hydrogens (tertiary/aromatic N) is 1. The van der Waals surface area contributed by atoms with E-state index in [1.54, 1.807) is 24.3 Å². The molecule has 1 aliphatic rings. The van der Waals surface area contributed by atoms with E-state index in [4.69, 9.17) is 0 Å². The van der Waals surface area contributed by atoms with Gasteiger partial charge < -0.3 is 20.0 Å². The van der Waals surface area contributed by atoms with E-state index < -0.39 is 31.4 Å². The second kappa shape index (κ2) is 11.8. The molecule has 1 fully saturated rings. The molecule has 11 heteroatoms. The van der Waals surface area contributed by atoms with E-state index in [1.807, 2.05) is 0 Å². The molecule has 3 atom stereocenters. The fourth-order valence-electron chi connectivity index (χ4n) is 4.95. The van der Waals surface area contributed by atoms with Gasteiger partial charge in [-0.15, -0.1) is 0 Å². The number of hydrogen-bond acceptors (Lipinski definition) is 5. The molecular weight excluding hydrogens is 571 g/mol. The number of benzene rings is 4. The molecule has 41 heavy (non-hydrogen) atoms. The van der Waals surface area contributed by atoms with Gasteiger partial charge in [0.1, 0.15) is 17.4 Å². The lowest BCUT2D eigenvalue weighted by atomic mass is 9.93. The van der Waals surface area contributed by atoms with Crippen LogP contribution in [0.4, 0.5) is 19.3 Å². The first-order valence-corrected chi connectivity index (χ1v) is 15.2. The molecule has 4 N–H and O–H groups in total. The Bertz CT molecular complexity index is 1600. The quantitative estimate of drug-likeness (QED) is 0.173. The summed E-state index contributed by atoms with van der Waals surface area (Å²) < 4.78 is 38.5. The maximum Gasteiger partial charge on any atom is 0.356 e. The van der Waals surface area contributed by atoms with Gasteiger partial charge in [0.05, 0.1) is 17.5 Å². The van der Waals surface area contributed by atoms with Gasteiger partial charge in [0.25, 0.3) is 5.24 Å². The average molecular weight is 598 g/mol. The molecule has 0 aromatic heterocycles. The van der Waals surface area contributed by atoms with Crippen molar-refractivity contribution in [2.24, 2.45) is 0 Å². The molecule has 0 unspecified atom stereocenters. The van der Waals surface area contributed by atoms with Gasteiger partial charge >= 0.3 is 7.60 Å². The number of halogens is 2. The van der Waals surface area contributed by atoms with Crippen LogP contribution >= 0.6 is 19.4 Å². The zero-order chi connectivity index (χ0) is 29.3. The molecule has 0 saturated carbocycles. The Labute approximate surface area is 239 Å². The number of hydrogen-bond donors (Lipinski definition) is 4. The van der Waals surface area contributed by atoms with E-state index in [-0.39, 0.29) is 28.0 Å². The summed E-state index contributed by atoms with van der Waals surface area (Å²) in [7, 11) is -4.40. The number of phenolic OH excluding ortho intramolecular Hbond substituents is 1. The van der Waals surface area contributed by atoms with Crippen LogP contribution in [0.5, 0.6) is 5.75 Å². The average Bonchev–Trinajstić information content (AvgIpc) is 3.27. The number of aromatic hydroxyl groups is 1. The predicted molar refractivity (Wildman–Crippen MR) is 154 cm³/mol. The second-order valence-corrected chi connectivity index (χ2v) is 12.5. The lowest BCUT2D eigenvalue weighted by Crippen LogP contribution is -2.29. The molecule has 4 aromatic rings. The van der Waals surface area contributed by atoms with Crippen molar-refractivity contribution in [3.8, 4) is 16.9 Å². The number of amides is 1. The van der Waals surface area contributed by atoms with E-state index in [1.165, 1.54) is 71.6 Å². The summed E-state index contributed by atoms with van der Waals surface area (Å²) in [5.74, 6) is -0.969. The van der Waals surface area contributed by atoms with Gasteiger partial charge in [-0.1, -0.05) is 48.2 Å². The van der Waals surface area contributed by atoms with Crippen LogP contribution in [0.2, 0.25) is 0 Å². The third-order valence-corrected chi connectivity index (χ3v) is 9.21. The molecule has 7 nitrogen and oxygen atoms in total. The highest BCUT2D eigenvalue weighted by Gasteiger charge is 2.43. The number of carbonyl (C=O) groups is 1. The van der Waals surface area contributed by atoms with Crippen LogP contribution < -0.4 is 10.2 Å². The van der Waals surface area contributed by atoms with Crippen LogP contribution in [0.25, 0.3) is 11.1 Å². The van der Waals surface area contributed by atoms with E-state index >= 15 is 0 Å². The van der Waals surface area contributed by atoms with Crippen LogP contribution in [0.1, 0.15) is 36.1 Å². The molecular formula is C30H26F2NO6PS. The number of carbonyl (C=O) groups excluding carboxylic acids is 1.